The lowest BCUT2D eigenvalue weighted by Gasteiger charge is -2.56. The number of rotatable bonds is 5. The number of hydrogen-bond donors (Lipinski definition) is 1. The molecule has 0 radical (unpaired) electrons. The molecule has 1 aliphatic heterocycles. The standard InChI is InChI=1S/C24H33N5O3S/c1-33(31,32)28-8-6-27(7-9-28)16-20-21-4-2-3-5-29(21)22(25-20)23(30)26-24-13-17-10-18(14-24)12-19(11-17)15-24/h2-5,17-19H,6-16H2,1H3,(H,26,30). The van der Waals surface area contributed by atoms with E-state index in [1.54, 1.807) is 0 Å². The Kier molecular flexibility index (Phi) is 5.08. The largest absolute Gasteiger partial charge is 0.344 e. The van der Waals surface area contributed by atoms with Crippen molar-refractivity contribution in [3.63, 3.8) is 0 Å². The molecular weight excluding hydrogens is 438 g/mol. The molecule has 9 heteroatoms. The molecule has 0 spiro atoms. The maximum atomic E-state index is 13.5. The van der Waals surface area contributed by atoms with Gasteiger partial charge < -0.3 is 5.32 Å². The zero-order valence-electron chi connectivity index (χ0n) is 19.2. The van der Waals surface area contributed by atoms with E-state index in [1.165, 1.54) is 29.8 Å². The van der Waals surface area contributed by atoms with Crippen LogP contribution in [0.5, 0.6) is 0 Å². The zero-order chi connectivity index (χ0) is 22.8. The van der Waals surface area contributed by atoms with Crippen LogP contribution < -0.4 is 5.32 Å². The number of imidazole rings is 1. The smallest absolute Gasteiger partial charge is 0.288 e. The van der Waals surface area contributed by atoms with Crippen molar-refractivity contribution in [2.24, 2.45) is 17.8 Å². The second-order valence-electron chi connectivity index (χ2n) is 10.9. The molecule has 4 saturated carbocycles. The number of carbonyl (C=O) groups excluding carboxylic acids is 1. The summed E-state index contributed by atoms with van der Waals surface area (Å²) in [6.45, 7) is 2.91. The van der Waals surface area contributed by atoms with Crippen molar-refractivity contribution in [2.75, 3.05) is 32.4 Å². The van der Waals surface area contributed by atoms with Gasteiger partial charge in [0.25, 0.3) is 5.91 Å². The van der Waals surface area contributed by atoms with E-state index in [0.717, 1.165) is 48.2 Å². The Morgan fingerprint density at radius 3 is 2.30 bits per heavy atom. The average molecular weight is 472 g/mol. The maximum Gasteiger partial charge on any atom is 0.288 e. The number of piperazine rings is 1. The predicted octanol–water partition coefficient (Wildman–Crippen LogP) is 2.11. The number of nitrogens with zero attached hydrogens (tertiary/aromatic N) is 4. The quantitative estimate of drug-likeness (QED) is 0.722. The topological polar surface area (TPSA) is 87.0 Å². The van der Waals surface area contributed by atoms with Crippen molar-refractivity contribution in [2.45, 2.75) is 50.6 Å². The van der Waals surface area contributed by atoms with Gasteiger partial charge in [0.2, 0.25) is 15.8 Å². The first-order valence-electron chi connectivity index (χ1n) is 12.2. The molecule has 2 aromatic rings. The summed E-state index contributed by atoms with van der Waals surface area (Å²) in [6, 6.07) is 5.92. The van der Waals surface area contributed by atoms with Crippen LogP contribution in [0, 0.1) is 17.8 Å². The predicted molar refractivity (Wildman–Crippen MR) is 125 cm³/mol. The highest BCUT2D eigenvalue weighted by molar-refractivity contribution is 7.88. The molecule has 1 amide bonds. The number of fused-ring (bicyclic) bond motifs is 1. The van der Waals surface area contributed by atoms with Gasteiger partial charge in [-0.2, -0.15) is 4.31 Å². The van der Waals surface area contributed by atoms with Gasteiger partial charge in [0, 0.05) is 44.5 Å². The first-order chi connectivity index (χ1) is 15.8. The van der Waals surface area contributed by atoms with E-state index < -0.39 is 10.0 Å². The van der Waals surface area contributed by atoms with E-state index in [4.69, 9.17) is 4.98 Å². The minimum absolute atomic E-state index is 0.0470. The van der Waals surface area contributed by atoms with E-state index in [-0.39, 0.29) is 11.4 Å². The minimum Gasteiger partial charge on any atom is -0.344 e. The van der Waals surface area contributed by atoms with Gasteiger partial charge in [-0.15, -0.1) is 0 Å². The van der Waals surface area contributed by atoms with Crippen molar-refractivity contribution in [3.05, 3.63) is 35.9 Å². The molecule has 4 aliphatic carbocycles. The highest BCUT2D eigenvalue weighted by atomic mass is 32.2. The van der Waals surface area contributed by atoms with Crippen molar-refractivity contribution in [3.8, 4) is 0 Å². The monoisotopic (exact) mass is 471 g/mol. The molecule has 33 heavy (non-hydrogen) atoms. The summed E-state index contributed by atoms with van der Waals surface area (Å²) in [7, 11) is -3.15. The molecule has 0 atom stereocenters. The Labute approximate surface area is 195 Å². The minimum atomic E-state index is -3.15. The Morgan fingerprint density at radius 1 is 1.06 bits per heavy atom. The highest BCUT2D eigenvalue weighted by Crippen LogP contribution is 2.55. The van der Waals surface area contributed by atoms with Crippen LogP contribution in [0.1, 0.15) is 54.8 Å². The van der Waals surface area contributed by atoms with Crippen LogP contribution in [0.4, 0.5) is 0 Å². The van der Waals surface area contributed by atoms with E-state index >= 15 is 0 Å². The highest BCUT2D eigenvalue weighted by Gasteiger charge is 2.51. The van der Waals surface area contributed by atoms with Gasteiger partial charge in [-0.1, -0.05) is 6.07 Å². The summed E-state index contributed by atoms with van der Waals surface area (Å²) in [6.07, 6.45) is 10.6. The number of amides is 1. The molecule has 8 nitrogen and oxygen atoms in total. The summed E-state index contributed by atoms with van der Waals surface area (Å²) >= 11 is 0. The fourth-order valence-corrected chi connectivity index (χ4v) is 8.20. The number of pyridine rings is 1. The summed E-state index contributed by atoms with van der Waals surface area (Å²) in [5.41, 5.74) is 1.77. The molecule has 3 heterocycles. The van der Waals surface area contributed by atoms with Crippen molar-refractivity contribution in [1.82, 2.24) is 23.9 Å². The molecule has 4 bridgehead atoms. The fourth-order valence-electron chi connectivity index (χ4n) is 7.37. The number of aromatic nitrogens is 2. The van der Waals surface area contributed by atoms with Crippen LogP contribution in [0.2, 0.25) is 0 Å². The molecule has 1 saturated heterocycles. The number of sulfonamides is 1. The third-order valence-electron chi connectivity index (χ3n) is 8.42. The second-order valence-corrected chi connectivity index (χ2v) is 12.9. The summed E-state index contributed by atoms with van der Waals surface area (Å²) < 4.78 is 27.1. The molecule has 0 aromatic carbocycles. The number of nitrogens with one attached hydrogen (secondary N) is 1. The van der Waals surface area contributed by atoms with Crippen LogP contribution in [0.15, 0.2) is 24.4 Å². The first-order valence-corrected chi connectivity index (χ1v) is 14.1. The Bertz CT molecular complexity index is 1150. The number of hydrogen-bond acceptors (Lipinski definition) is 5. The molecule has 2 aromatic heterocycles. The Hall–Kier alpha value is -1.97. The fraction of sp³-hybridized carbons (Fsp3) is 0.667. The van der Waals surface area contributed by atoms with Gasteiger partial charge in [0.1, 0.15) is 0 Å². The number of carbonyl (C=O) groups is 1. The van der Waals surface area contributed by atoms with E-state index in [9.17, 15) is 13.2 Å². The van der Waals surface area contributed by atoms with E-state index in [1.807, 2.05) is 28.8 Å². The van der Waals surface area contributed by atoms with Crippen LogP contribution in [-0.4, -0.2) is 70.9 Å². The molecule has 5 aliphatic rings. The van der Waals surface area contributed by atoms with Crippen LogP contribution in [0.25, 0.3) is 5.52 Å². The van der Waals surface area contributed by atoms with Gasteiger partial charge in [-0.05, 0) is 68.4 Å². The first kappa shape index (κ1) is 21.6. The second kappa shape index (κ2) is 7.78. The van der Waals surface area contributed by atoms with Crippen molar-refractivity contribution < 1.29 is 13.2 Å². The Morgan fingerprint density at radius 2 is 1.70 bits per heavy atom. The molecule has 7 rings (SSSR count). The molecular formula is C24H33N5O3S. The average Bonchev–Trinajstić information content (AvgIpc) is 3.11. The summed E-state index contributed by atoms with van der Waals surface area (Å²) in [4.78, 5) is 20.6. The lowest BCUT2D eigenvalue weighted by atomic mass is 9.53. The zero-order valence-corrected chi connectivity index (χ0v) is 20.1. The third kappa shape index (κ3) is 3.98. The van der Waals surface area contributed by atoms with Crippen LogP contribution in [-0.2, 0) is 16.6 Å². The van der Waals surface area contributed by atoms with Crippen LogP contribution in [0.3, 0.4) is 0 Å². The lowest BCUT2D eigenvalue weighted by Crippen LogP contribution is -2.60. The summed E-state index contributed by atoms with van der Waals surface area (Å²) in [5.74, 6) is 2.72. The van der Waals surface area contributed by atoms with Crippen molar-refractivity contribution >= 4 is 21.4 Å². The molecule has 1 N–H and O–H groups in total. The lowest BCUT2D eigenvalue weighted by molar-refractivity contribution is -0.0169. The summed E-state index contributed by atoms with van der Waals surface area (Å²) in [5, 5.41) is 3.46. The SMILES string of the molecule is CS(=O)(=O)N1CCN(Cc2nc(C(=O)NC34CC5CC(CC(C5)C3)C4)n3ccccc23)CC1. The molecule has 178 valence electrons. The third-order valence-corrected chi connectivity index (χ3v) is 9.72. The van der Waals surface area contributed by atoms with Gasteiger partial charge in [-0.3, -0.25) is 14.1 Å². The molecule has 5 fully saturated rings. The van der Waals surface area contributed by atoms with E-state index in [0.29, 0.717) is 38.5 Å². The Balaban J connectivity index is 1.22. The van der Waals surface area contributed by atoms with Gasteiger partial charge in [-0.25, -0.2) is 13.4 Å². The van der Waals surface area contributed by atoms with Crippen molar-refractivity contribution in [1.29, 1.82) is 0 Å². The van der Waals surface area contributed by atoms with Gasteiger partial charge in [0.05, 0.1) is 17.5 Å². The van der Waals surface area contributed by atoms with Gasteiger partial charge >= 0.3 is 0 Å². The van der Waals surface area contributed by atoms with E-state index in [2.05, 4.69) is 10.2 Å². The normalized spacial score (nSPS) is 32.5. The van der Waals surface area contributed by atoms with Crippen LogP contribution >= 0.6 is 0 Å². The molecule has 0 unspecified atom stereocenters. The van der Waals surface area contributed by atoms with Gasteiger partial charge in [0.15, 0.2) is 0 Å². The maximum absolute atomic E-state index is 13.5.